The van der Waals surface area contributed by atoms with E-state index in [1.54, 1.807) is 12.1 Å². The molecule has 0 radical (unpaired) electrons. The number of nitrogens with two attached hydrogens (primary N) is 1. The van der Waals surface area contributed by atoms with E-state index in [0.29, 0.717) is 28.2 Å². The summed E-state index contributed by atoms with van der Waals surface area (Å²) in [4.78, 5) is 34.5. The Kier molecular flexibility index (Phi) is 7.50. The van der Waals surface area contributed by atoms with Crippen molar-refractivity contribution in [3.8, 4) is 0 Å². The first-order valence-electron chi connectivity index (χ1n) is 11.4. The van der Waals surface area contributed by atoms with Crippen LogP contribution in [0.15, 0.2) is 76.7 Å². The first-order valence-corrected chi connectivity index (χ1v) is 11.4. The summed E-state index contributed by atoms with van der Waals surface area (Å²) in [5.41, 5.74) is 10.1. The van der Waals surface area contributed by atoms with Gasteiger partial charge in [-0.2, -0.15) is 0 Å². The van der Waals surface area contributed by atoms with Crippen LogP contribution in [0, 0.1) is 0 Å². The molecule has 0 saturated heterocycles. The number of amides is 2. The van der Waals surface area contributed by atoms with Crippen LogP contribution in [0.2, 0.25) is 0 Å². The van der Waals surface area contributed by atoms with Gasteiger partial charge in [0.1, 0.15) is 11.7 Å². The van der Waals surface area contributed by atoms with Gasteiger partial charge in [-0.05, 0) is 66.7 Å². The fraction of sp³-hybridized carbons (Fsp3) is 0.154. The Labute approximate surface area is 214 Å². The van der Waals surface area contributed by atoms with E-state index >= 15 is 0 Å². The first kappa shape index (κ1) is 24.7. The maximum atomic E-state index is 12.9. The van der Waals surface area contributed by atoms with Crippen molar-refractivity contribution in [2.24, 2.45) is 9.98 Å². The topological polar surface area (TPSA) is 133 Å². The van der Waals surface area contributed by atoms with Crippen molar-refractivity contribution in [2.45, 2.75) is 0 Å². The van der Waals surface area contributed by atoms with Crippen LogP contribution in [0.3, 0.4) is 0 Å². The molecule has 5 rings (SSSR count). The Morgan fingerprint density at radius 3 is 1.47 bits per heavy atom. The van der Waals surface area contributed by atoms with Crippen LogP contribution in [0.5, 0.6) is 0 Å². The average Bonchev–Trinajstić information content (AvgIpc) is 3.60. The lowest BCUT2D eigenvalue weighted by molar-refractivity contribution is 0.102. The highest BCUT2D eigenvalue weighted by Crippen LogP contribution is 2.18. The zero-order valence-electron chi connectivity index (χ0n) is 19.4. The van der Waals surface area contributed by atoms with Gasteiger partial charge in [0.05, 0.1) is 13.1 Å². The van der Waals surface area contributed by atoms with Crippen molar-refractivity contribution in [1.29, 1.82) is 0 Å². The number of nitrogen functional groups attached to an aromatic ring is 1. The Bertz CT molecular complexity index is 1240. The lowest BCUT2D eigenvalue weighted by Crippen LogP contribution is -2.19. The second kappa shape index (κ2) is 10.9. The third kappa shape index (κ3) is 5.64. The number of hydrogen-bond acceptors (Lipinski definition) is 7. The number of hydrogen-bond donors (Lipinski definition) is 5. The molecule has 10 heteroatoms. The third-order valence-corrected chi connectivity index (χ3v) is 5.66. The number of aliphatic imine (C=N–C) groups is 2. The molecule has 9 nitrogen and oxygen atoms in total. The highest BCUT2D eigenvalue weighted by Gasteiger charge is 2.15. The number of amidine groups is 2. The molecule has 0 aromatic heterocycles. The van der Waals surface area contributed by atoms with Crippen LogP contribution in [0.4, 0.5) is 17.1 Å². The van der Waals surface area contributed by atoms with E-state index in [9.17, 15) is 9.59 Å². The van der Waals surface area contributed by atoms with Crippen molar-refractivity contribution in [1.82, 2.24) is 10.6 Å². The van der Waals surface area contributed by atoms with Gasteiger partial charge in [0.25, 0.3) is 11.8 Å². The molecule has 0 fully saturated rings. The predicted octanol–water partition coefficient (Wildman–Crippen LogP) is 2.89. The van der Waals surface area contributed by atoms with Gasteiger partial charge in [-0.15, -0.1) is 12.4 Å². The Balaban J connectivity index is 0.00000304. The van der Waals surface area contributed by atoms with E-state index in [4.69, 9.17) is 5.73 Å². The summed E-state index contributed by atoms with van der Waals surface area (Å²) < 4.78 is 0. The van der Waals surface area contributed by atoms with Crippen molar-refractivity contribution < 1.29 is 9.59 Å². The van der Waals surface area contributed by atoms with Gasteiger partial charge in [0, 0.05) is 52.4 Å². The molecule has 3 aromatic carbocycles. The number of carbonyl (C=O) groups excluding carboxylic acids is 2. The molecule has 2 amide bonds. The highest BCUT2D eigenvalue weighted by atomic mass is 35.5. The van der Waals surface area contributed by atoms with Crippen LogP contribution in [0.1, 0.15) is 31.8 Å². The third-order valence-electron chi connectivity index (χ3n) is 5.66. The average molecular weight is 504 g/mol. The van der Waals surface area contributed by atoms with Gasteiger partial charge in [0.2, 0.25) is 0 Å². The number of benzene rings is 3. The number of carbonyl (C=O) groups is 2. The molecule has 2 heterocycles. The van der Waals surface area contributed by atoms with Crippen molar-refractivity contribution in [2.75, 3.05) is 42.5 Å². The predicted molar refractivity (Wildman–Crippen MR) is 146 cm³/mol. The van der Waals surface area contributed by atoms with Crippen molar-refractivity contribution in [3.05, 3.63) is 89.0 Å². The molecule has 0 spiro atoms. The fourth-order valence-electron chi connectivity index (χ4n) is 3.93. The van der Waals surface area contributed by atoms with Gasteiger partial charge in [0.15, 0.2) is 0 Å². The molecule has 0 unspecified atom stereocenters. The summed E-state index contributed by atoms with van der Waals surface area (Å²) >= 11 is 0. The number of anilines is 3. The van der Waals surface area contributed by atoms with Crippen molar-refractivity contribution >= 4 is 53.0 Å². The second-order valence-corrected chi connectivity index (χ2v) is 8.22. The van der Waals surface area contributed by atoms with Crippen LogP contribution >= 0.6 is 12.4 Å². The molecule has 0 bridgehead atoms. The molecule has 36 heavy (non-hydrogen) atoms. The molecular formula is C26H26ClN7O2. The zero-order chi connectivity index (χ0) is 24.2. The number of rotatable bonds is 6. The minimum absolute atomic E-state index is 0. The lowest BCUT2D eigenvalue weighted by atomic mass is 10.1. The molecular weight excluding hydrogens is 478 g/mol. The highest BCUT2D eigenvalue weighted by molar-refractivity contribution is 6.10. The van der Waals surface area contributed by atoms with Crippen LogP contribution in [-0.2, 0) is 0 Å². The summed E-state index contributed by atoms with van der Waals surface area (Å²) in [5, 5.41) is 12.1. The normalized spacial score (nSPS) is 14.0. The smallest absolute Gasteiger partial charge is 0.255 e. The van der Waals surface area contributed by atoms with Gasteiger partial charge in [-0.25, -0.2) is 0 Å². The number of nitrogens with zero attached hydrogens (tertiary/aromatic N) is 2. The summed E-state index contributed by atoms with van der Waals surface area (Å²) in [5.74, 6) is 0.996. The summed E-state index contributed by atoms with van der Waals surface area (Å²) in [6.45, 7) is 3.19. The minimum Gasteiger partial charge on any atom is -0.399 e. The number of halogens is 1. The molecule has 2 aliphatic rings. The second-order valence-electron chi connectivity index (χ2n) is 8.22. The maximum absolute atomic E-state index is 12.9. The first-order chi connectivity index (χ1) is 17.0. The van der Waals surface area contributed by atoms with Crippen LogP contribution in [-0.4, -0.2) is 49.7 Å². The standard InChI is InChI=1S/C26H25N7O2.ClH/c27-20-14-18(25(34)32-21-5-1-16(2-6-21)23-28-9-10-29-23)13-19(15-20)26(35)33-22-7-3-17(4-8-22)24-30-11-12-31-24;/h1-8,13-15H,9-12,27H2,(H,28,29)(H,30,31)(H,32,34)(H,33,35);1H. The van der Waals surface area contributed by atoms with Gasteiger partial charge < -0.3 is 27.0 Å². The minimum atomic E-state index is -0.357. The monoisotopic (exact) mass is 503 g/mol. The van der Waals surface area contributed by atoms with Gasteiger partial charge in [-0.3, -0.25) is 19.6 Å². The van der Waals surface area contributed by atoms with E-state index < -0.39 is 0 Å². The largest absolute Gasteiger partial charge is 0.399 e. The van der Waals surface area contributed by atoms with E-state index in [-0.39, 0.29) is 24.2 Å². The van der Waals surface area contributed by atoms with Crippen LogP contribution in [0.25, 0.3) is 0 Å². The SMILES string of the molecule is Cl.Nc1cc(C(=O)Nc2ccc(C3=NCCN3)cc2)cc(C(=O)Nc2ccc(C3=NCCN3)cc2)c1. The van der Waals surface area contributed by atoms with Gasteiger partial charge in [-0.1, -0.05) is 0 Å². The molecule has 0 saturated carbocycles. The molecule has 184 valence electrons. The van der Waals surface area contributed by atoms with Crippen molar-refractivity contribution in [3.63, 3.8) is 0 Å². The molecule has 3 aromatic rings. The zero-order valence-corrected chi connectivity index (χ0v) is 20.2. The Morgan fingerprint density at radius 1 is 0.694 bits per heavy atom. The van der Waals surface area contributed by atoms with E-state index in [2.05, 4.69) is 31.3 Å². The maximum Gasteiger partial charge on any atom is 0.255 e. The molecule has 2 aliphatic heterocycles. The molecule has 0 atom stereocenters. The van der Waals surface area contributed by atoms with Crippen LogP contribution < -0.4 is 27.0 Å². The fourth-order valence-corrected chi connectivity index (χ4v) is 3.93. The van der Waals surface area contributed by atoms with E-state index in [0.717, 1.165) is 49.0 Å². The van der Waals surface area contributed by atoms with Gasteiger partial charge >= 0.3 is 0 Å². The molecule has 6 N–H and O–H groups in total. The molecule has 0 aliphatic carbocycles. The Morgan fingerprint density at radius 2 is 1.11 bits per heavy atom. The lowest BCUT2D eigenvalue weighted by Gasteiger charge is -2.11. The summed E-state index contributed by atoms with van der Waals surface area (Å²) in [6.07, 6.45) is 0. The summed E-state index contributed by atoms with van der Waals surface area (Å²) in [7, 11) is 0. The Hall–Kier alpha value is -4.37. The van der Waals surface area contributed by atoms with E-state index in [1.165, 1.54) is 6.07 Å². The van der Waals surface area contributed by atoms with E-state index in [1.807, 2.05) is 48.5 Å². The summed E-state index contributed by atoms with van der Waals surface area (Å²) in [6, 6.07) is 19.4. The quantitative estimate of drug-likeness (QED) is 0.330. The number of nitrogens with one attached hydrogen (secondary N) is 4.